The maximum atomic E-state index is 13.1. The van der Waals surface area contributed by atoms with E-state index in [0.29, 0.717) is 40.1 Å². The van der Waals surface area contributed by atoms with Gasteiger partial charge in [0, 0.05) is 35.2 Å². The quantitative estimate of drug-likeness (QED) is 0.137. The first-order valence-electron chi connectivity index (χ1n) is 14.0. The maximum Gasteiger partial charge on any atom is 0.391 e. The molecule has 0 aliphatic carbocycles. The number of nitrogens with one attached hydrogen (secondary N) is 1. The molecule has 3 aromatic carbocycles. The number of hydrogen-bond donors (Lipinski definition) is 5. The van der Waals surface area contributed by atoms with Gasteiger partial charge in [0.2, 0.25) is 5.82 Å². The third-order valence-electron chi connectivity index (χ3n) is 7.02. The minimum absolute atomic E-state index is 0.320. The fraction of sp³-hybridized carbons (Fsp3) is 0.188. The second-order valence-corrected chi connectivity index (χ2v) is 10.2. The molecule has 0 aliphatic rings. The molecule has 0 bridgehead atoms. The van der Waals surface area contributed by atoms with E-state index in [1.165, 1.54) is 0 Å². The number of rotatable bonds is 8. The standard InChI is InChI=1S/C32H35N9O/c1-3-14-40-16-13-28(25-17-21(33)7-12-29(25)40)37-23-10-11-24(27(34)18-23)31(42)38-22-8-5-20(6-9-22)26-19-41(15-4-2)32(36)39-30(26)35/h5-13,16-19H,3-4,14-15,33H2,1-2H3,(H6,34,35,36,38,39,42)/p+1. The van der Waals surface area contributed by atoms with Crippen LogP contribution in [0.3, 0.4) is 0 Å². The minimum Gasteiger partial charge on any atom is -0.399 e. The van der Waals surface area contributed by atoms with E-state index < -0.39 is 0 Å². The Bertz CT molecular complexity index is 1840. The number of anilines is 5. The molecule has 214 valence electrons. The first-order valence-corrected chi connectivity index (χ1v) is 14.0. The Balaban J connectivity index is 1.37. The first-order chi connectivity index (χ1) is 20.3. The molecule has 5 aromatic rings. The highest BCUT2D eigenvalue weighted by atomic mass is 16.1. The van der Waals surface area contributed by atoms with Crippen molar-refractivity contribution < 1.29 is 9.36 Å². The van der Waals surface area contributed by atoms with Gasteiger partial charge in [0.15, 0.2) is 0 Å². The molecule has 0 unspecified atom stereocenters. The average molecular weight is 563 g/mol. The number of carbonyl (C=O) groups excluding carboxylic acids is 1. The minimum atomic E-state index is -0.320. The van der Waals surface area contributed by atoms with Gasteiger partial charge in [-0.05, 0) is 73.0 Å². The summed E-state index contributed by atoms with van der Waals surface area (Å²) in [5, 5.41) is 4.64. The molecule has 0 atom stereocenters. The van der Waals surface area contributed by atoms with Gasteiger partial charge in [-0.1, -0.05) is 31.0 Å². The fourth-order valence-corrected chi connectivity index (χ4v) is 4.95. The van der Waals surface area contributed by atoms with Crippen molar-refractivity contribution in [1.29, 1.82) is 0 Å². The van der Waals surface area contributed by atoms with Crippen LogP contribution in [0.25, 0.3) is 22.0 Å². The summed E-state index contributed by atoms with van der Waals surface area (Å²) in [6.07, 6.45) is 5.86. The van der Waals surface area contributed by atoms with Crippen LogP contribution in [0.5, 0.6) is 0 Å². The van der Waals surface area contributed by atoms with Gasteiger partial charge in [-0.25, -0.2) is 9.56 Å². The van der Waals surface area contributed by atoms with Crippen molar-refractivity contribution in [3.8, 4) is 11.1 Å². The zero-order valence-electron chi connectivity index (χ0n) is 23.8. The van der Waals surface area contributed by atoms with E-state index in [0.717, 1.165) is 53.3 Å². The van der Waals surface area contributed by atoms with Gasteiger partial charge in [0.05, 0.1) is 40.4 Å². The molecule has 2 heterocycles. The Morgan fingerprint density at radius 2 is 1.74 bits per heavy atom. The highest BCUT2D eigenvalue weighted by Gasteiger charge is 2.16. The summed E-state index contributed by atoms with van der Waals surface area (Å²) in [7, 11) is 0. The summed E-state index contributed by atoms with van der Waals surface area (Å²) in [4.78, 5) is 22.2. The maximum absolute atomic E-state index is 13.1. The third-order valence-corrected chi connectivity index (χ3v) is 7.02. The highest BCUT2D eigenvalue weighted by Crippen LogP contribution is 2.26. The third kappa shape index (κ3) is 5.87. The number of aryl methyl sites for hydroxylation is 2. The molecule has 0 saturated heterocycles. The van der Waals surface area contributed by atoms with E-state index in [1.807, 2.05) is 65.5 Å². The fourth-order valence-electron chi connectivity index (χ4n) is 4.95. The molecule has 9 N–H and O–H groups in total. The smallest absolute Gasteiger partial charge is 0.391 e. The van der Waals surface area contributed by atoms with Crippen LogP contribution in [0, 0.1) is 0 Å². The van der Waals surface area contributed by atoms with E-state index in [-0.39, 0.29) is 5.91 Å². The number of fused-ring (bicyclic) bond motifs is 1. The van der Waals surface area contributed by atoms with Crippen molar-refractivity contribution in [2.75, 3.05) is 28.3 Å². The van der Waals surface area contributed by atoms with Gasteiger partial charge < -0.3 is 27.1 Å². The number of nitrogens with zero attached hydrogens (tertiary/aromatic N) is 4. The molecule has 10 heteroatoms. The summed E-state index contributed by atoms with van der Waals surface area (Å²) in [6.45, 7) is 5.84. The molecule has 5 rings (SSSR count). The zero-order chi connectivity index (χ0) is 29.8. The summed E-state index contributed by atoms with van der Waals surface area (Å²) >= 11 is 0. The van der Waals surface area contributed by atoms with Crippen molar-refractivity contribution >= 4 is 51.3 Å². The topological polar surface area (TPSA) is 167 Å². The molecular weight excluding hydrogens is 526 g/mol. The lowest BCUT2D eigenvalue weighted by Crippen LogP contribution is -2.38. The lowest BCUT2D eigenvalue weighted by Gasteiger charge is -2.11. The second-order valence-electron chi connectivity index (χ2n) is 10.2. The molecule has 10 nitrogen and oxygen atoms in total. The summed E-state index contributed by atoms with van der Waals surface area (Å²) in [6, 6.07) is 20.3. The molecule has 0 spiro atoms. The van der Waals surface area contributed by atoms with E-state index >= 15 is 0 Å². The summed E-state index contributed by atoms with van der Waals surface area (Å²) in [5.41, 5.74) is 29.8. The Morgan fingerprint density at radius 3 is 2.45 bits per heavy atom. The van der Waals surface area contributed by atoms with E-state index in [9.17, 15) is 4.79 Å². The van der Waals surface area contributed by atoms with Crippen LogP contribution in [-0.2, 0) is 13.1 Å². The molecule has 0 radical (unpaired) electrons. The number of carbonyl (C=O) groups is 1. The largest absolute Gasteiger partial charge is 0.399 e. The Labute approximate surface area is 244 Å². The molecule has 0 fully saturated rings. The van der Waals surface area contributed by atoms with E-state index in [1.54, 1.807) is 18.2 Å². The number of nitrogen functional groups attached to an aromatic ring is 4. The van der Waals surface area contributed by atoms with Crippen LogP contribution >= 0.6 is 0 Å². The van der Waals surface area contributed by atoms with Gasteiger partial charge in [-0.3, -0.25) is 10.5 Å². The van der Waals surface area contributed by atoms with Crippen LogP contribution in [0.1, 0.15) is 37.0 Å². The van der Waals surface area contributed by atoms with E-state index in [4.69, 9.17) is 27.9 Å². The van der Waals surface area contributed by atoms with Crippen molar-refractivity contribution in [3.63, 3.8) is 0 Å². The SMILES string of the molecule is CCCn1ccc(=Nc2ccc(C(=O)Nc3ccc(-c4c[n+](CCC)c(N)nc4N)cc3)c(N)c2)c2cc(N)ccc21. The first kappa shape index (κ1) is 28.2. The lowest BCUT2D eigenvalue weighted by molar-refractivity contribution is -0.684. The van der Waals surface area contributed by atoms with Crippen LogP contribution in [0.4, 0.5) is 34.5 Å². The number of benzene rings is 3. The normalized spacial score (nSPS) is 11.6. The van der Waals surface area contributed by atoms with Gasteiger partial charge in [0.1, 0.15) is 0 Å². The molecular formula is C32H36N9O+. The Kier molecular flexibility index (Phi) is 8.05. The predicted molar refractivity (Wildman–Crippen MR) is 170 cm³/mol. The Morgan fingerprint density at radius 1 is 0.952 bits per heavy atom. The van der Waals surface area contributed by atoms with Gasteiger partial charge >= 0.3 is 5.95 Å². The second kappa shape index (κ2) is 12.0. The number of amides is 1. The highest BCUT2D eigenvalue weighted by molar-refractivity contribution is 6.08. The zero-order valence-corrected chi connectivity index (χ0v) is 23.8. The lowest BCUT2D eigenvalue weighted by atomic mass is 10.1. The van der Waals surface area contributed by atoms with E-state index in [2.05, 4.69) is 28.7 Å². The van der Waals surface area contributed by atoms with Crippen molar-refractivity contribution in [2.45, 2.75) is 39.8 Å². The van der Waals surface area contributed by atoms with Crippen molar-refractivity contribution in [1.82, 2.24) is 9.55 Å². The van der Waals surface area contributed by atoms with Gasteiger partial charge in [-0.2, -0.15) is 0 Å². The van der Waals surface area contributed by atoms with Crippen LogP contribution in [0.15, 0.2) is 84.1 Å². The van der Waals surface area contributed by atoms with Crippen LogP contribution in [0.2, 0.25) is 0 Å². The number of aromatic nitrogens is 3. The number of hydrogen-bond acceptors (Lipinski definition) is 7. The monoisotopic (exact) mass is 562 g/mol. The number of nitrogens with two attached hydrogens (primary N) is 4. The average Bonchev–Trinajstić information content (AvgIpc) is 2.96. The Hall–Kier alpha value is -5.38. The molecule has 0 saturated carbocycles. The molecule has 42 heavy (non-hydrogen) atoms. The van der Waals surface area contributed by atoms with Crippen LogP contribution < -0.4 is 38.2 Å². The van der Waals surface area contributed by atoms with Crippen LogP contribution in [-0.4, -0.2) is 15.5 Å². The molecule has 0 aliphatic heterocycles. The van der Waals surface area contributed by atoms with Gasteiger partial charge in [-0.15, -0.1) is 0 Å². The van der Waals surface area contributed by atoms with Gasteiger partial charge in [0.25, 0.3) is 5.91 Å². The van der Waals surface area contributed by atoms with Crippen molar-refractivity contribution in [3.05, 3.63) is 90.0 Å². The van der Waals surface area contributed by atoms with Crippen molar-refractivity contribution in [2.24, 2.45) is 4.99 Å². The molecule has 1 amide bonds. The summed E-state index contributed by atoms with van der Waals surface area (Å²) in [5.74, 6) is 0.405. The summed E-state index contributed by atoms with van der Waals surface area (Å²) < 4.78 is 4.06. The predicted octanol–water partition coefficient (Wildman–Crippen LogP) is 4.62. The number of pyridine rings is 1. The molecule has 2 aromatic heterocycles.